The summed E-state index contributed by atoms with van der Waals surface area (Å²) in [5.41, 5.74) is 0.306. The number of hydrogen-bond acceptors (Lipinski definition) is 2. The topological polar surface area (TPSA) is 40.5 Å². The fraction of sp³-hybridized carbons (Fsp3) is 0.435. The molecule has 1 aliphatic heterocycles. The Kier molecular flexibility index (Phi) is 6.50. The maximum atomic E-state index is 13.4. The number of piperidine rings is 1. The Balaban J connectivity index is 1.79. The van der Waals surface area contributed by atoms with E-state index in [0.29, 0.717) is 31.4 Å². The first kappa shape index (κ1) is 22.3. The van der Waals surface area contributed by atoms with Gasteiger partial charge in [0.05, 0.1) is 11.6 Å². The number of aliphatic hydroxyl groups is 1. The zero-order valence-corrected chi connectivity index (χ0v) is 16.8. The van der Waals surface area contributed by atoms with Gasteiger partial charge < -0.3 is 10.0 Å². The third kappa shape index (κ3) is 4.67. The predicted molar refractivity (Wildman–Crippen MR) is 105 cm³/mol. The van der Waals surface area contributed by atoms with Crippen LogP contribution in [0.2, 0.25) is 0 Å². The van der Waals surface area contributed by atoms with Crippen LogP contribution in [0.4, 0.5) is 17.6 Å². The average Bonchev–Trinajstić information content (AvgIpc) is 2.72. The summed E-state index contributed by atoms with van der Waals surface area (Å²) in [6.07, 6.45) is -2.42. The molecule has 1 saturated heterocycles. The van der Waals surface area contributed by atoms with Crippen LogP contribution < -0.4 is 0 Å². The van der Waals surface area contributed by atoms with Gasteiger partial charge in [-0.3, -0.25) is 4.79 Å². The summed E-state index contributed by atoms with van der Waals surface area (Å²) < 4.78 is 51.8. The van der Waals surface area contributed by atoms with E-state index in [4.69, 9.17) is 0 Å². The number of rotatable bonds is 6. The first-order chi connectivity index (χ1) is 14.2. The lowest BCUT2D eigenvalue weighted by atomic mass is 9.69. The van der Waals surface area contributed by atoms with Gasteiger partial charge in [-0.1, -0.05) is 24.3 Å². The molecular formula is C23H25F4NO2. The van der Waals surface area contributed by atoms with Crippen LogP contribution in [-0.2, 0) is 16.4 Å². The van der Waals surface area contributed by atoms with Gasteiger partial charge in [0.1, 0.15) is 5.82 Å². The van der Waals surface area contributed by atoms with Gasteiger partial charge in [0.25, 0.3) is 0 Å². The van der Waals surface area contributed by atoms with Crippen LogP contribution >= 0.6 is 0 Å². The molecule has 3 nitrogen and oxygen atoms in total. The Morgan fingerprint density at radius 1 is 1.10 bits per heavy atom. The van der Waals surface area contributed by atoms with Gasteiger partial charge in [-0.2, -0.15) is 13.2 Å². The molecular weight excluding hydrogens is 398 g/mol. The molecule has 1 heterocycles. The molecule has 162 valence electrons. The number of nitrogens with zero attached hydrogens (tertiary/aromatic N) is 1. The predicted octanol–water partition coefficient (Wildman–Crippen LogP) is 5.24. The first-order valence-corrected chi connectivity index (χ1v) is 10.00. The van der Waals surface area contributed by atoms with Crippen molar-refractivity contribution < 1.29 is 27.5 Å². The molecule has 2 aromatic carbocycles. The van der Waals surface area contributed by atoms with E-state index in [1.54, 1.807) is 24.0 Å². The second-order valence-corrected chi connectivity index (χ2v) is 7.92. The van der Waals surface area contributed by atoms with E-state index in [2.05, 4.69) is 0 Å². The van der Waals surface area contributed by atoms with Crippen LogP contribution in [0.5, 0.6) is 0 Å². The summed E-state index contributed by atoms with van der Waals surface area (Å²) in [6.45, 7) is 2.24. The molecule has 1 aliphatic rings. The van der Waals surface area contributed by atoms with E-state index in [1.807, 2.05) is 0 Å². The Labute approximate surface area is 173 Å². The van der Waals surface area contributed by atoms with Crippen LogP contribution in [0.1, 0.15) is 55.3 Å². The summed E-state index contributed by atoms with van der Waals surface area (Å²) in [7, 11) is 0. The standard InChI is InChI=1S/C23H25F4NO2/c1-16(17-3-5-19(6-4-17)23(25,26)27)28-13-12-22(11-2-14-29,15-21(28)30)18-7-9-20(24)10-8-18/h3-10,16,29H,2,11-15H2,1H3/t16-,22-/m0/s1. The Hall–Kier alpha value is -2.41. The van der Waals surface area contributed by atoms with Crippen molar-refractivity contribution in [2.45, 2.75) is 50.2 Å². The van der Waals surface area contributed by atoms with Crippen LogP contribution in [0.3, 0.4) is 0 Å². The number of hydrogen-bond donors (Lipinski definition) is 1. The van der Waals surface area contributed by atoms with Gasteiger partial charge in [-0.25, -0.2) is 4.39 Å². The fourth-order valence-corrected chi connectivity index (χ4v) is 4.30. The van der Waals surface area contributed by atoms with E-state index in [9.17, 15) is 27.5 Å². The molecule has 3 rings (SSSR count). The molecule has 0 aliphatic carbocycles. The summed E-state index contributed by atoms with van der Waals surface area (Å²) in [5.74, 6) is -0.452. The van der Waals surface area contributed by atoms with Gasteiger partial charge in [0, 0.05) is 25.0 Å². The van der Waals surface area contributed by atoms with Crippen molar-refractivity contribution in [3.8, 4) is 0 Å². The number of carbonyl (C=O) groups excluding carboxylic acids is 1. The number of amides is 1. The fourth-order valence-electron chi connectivity index (χ4n) is 4.30. The summed E-state index contributed by atoms with van der Waals surface area (Å²) in [5, 5.41) is 9.30. The molecule has 2 atom stereocenters. The Bertz CT molecular complexity index is 864. The molecule has 0 spiro atoms. The maximum absolute atomic E-state index is 13.4. The summed E-state index contributed by atoms with van der Waals surface area (Å²) in [6, 6.07) is 10.7. The normalized spacial score (nSPS) is 21.0. The maximum Gasteiger partial charge on any atom is 0.416 e. The third-order valence-electron chi connectivity index (χ3n) is 6.10. The number of alkyl halides is 3. The summed E-state index contributed by atoms with van der Waals surface area (Å²) >= 11 is 0. The highest BCUT2D eigenvalue weighted by atomic mass is 19.4. The van der Waals surface area contributed by atoms with Gasteiger partial charge in [-0.05, 0) is 61.6 Å². The monoisotopic (exact) mass is 423 g/mol. The van der Waals surface area contributed by atoms with Crippen molar-refractivity contribution in [3.63, 3.8) is 0 Å². The van der Waals surface area contributed by atoms with Crippen molar-refractivity contribution in [2.75, 3.05) is 13.2 Å². The minimum Gasteiger partial charge on any atom is -0.396 e. The van der Waals surface area contributed by atoms with Crippen molar-refractivity contribution in [3.05, 3.63) is 71.0 Å². The molecule has 1 amide bonds. The number of likely N-dealkylation sites (tertiary alicyclic amines) is 1. The van der Waals surface area contributed by atoms with Crippen molar-refractivity contribution >= 4 is 5.91 Å². The smallest absolute Gasteiger partial charge is 0.396 e. The highest BCUT2D eigenvalue weighted by molar-refractivity contribution is 5.79. The molecule has 1 N–H and O–H groups in total. The zero-order chi connectivity index (χ0) is 21.9. The van der Waals surface area contributed by atoms with E-state index in [0.717, 1.165) is 17.7 Å². The lowest BCUT2D eigenvalue weighted by molar-refractivity contribution is -0.139. The zero-order valence-electron chi connectivity index (χ0n) is 16.8. The quantitative estimate of drug-likeness (QED) is 0.646. The highest BCUT2D eigenvalue weighted by Gasteiger charge is 2.41. The van der Waals surface area contributed by atoms with Crippen molar-refractivity contribution in [1.82, 2.24) is 4.90 Å². The molecule has 1 fully saturated rings. The van der Waals surface area contributed by atoms with Crippen LogP contribution in [0, 0.1) is 5.82 Å². The van der Waals surface area contributed by atoms with E-state index >= 15 is 0 Å². The SMILES string of the molecule is C[C@@H](c1ccc(C(F)(F)F)cc1)N1CC[C@](CCCO)(c2ccc(F)cc2)CC1=O. The molecule has 7 heteroatoms. The van der Waals surface area contributed by atoms with Crippen molar-refractivity contribution in [2.24, 2.45) is 0 Å². The second kappa shape index (κ2) is 8.76. The molecule has 0 aromatic heterocycles. The number of benzene rings is 2. The Morgan fingerprint density at radius 2 is 1.73 bits per heavy atom. The third-order valence-corrected chi connectivity index (χ3v) is 6.10. The lowest BCUT2D eigenvalue weighted by Gasteiger charge is -2.44. The number of carbonyl (C=O) groups is 1. The number of halogens is 4. The van der Waals surface area contributed by atoms with Crippen molar-refractivity contribution in [1.29, 1.82) is 0 Å². The molecule has 0 bridgehead atoms. The largest absolute Gasteiger partial charge is 0.416 e. The van der Waals surface area contributed by atoms with Gasteiger partial charge in [-0.15, -0.1) is 0 Å². The minimum absolute atomic E-state index is 0.00278. The minimum atomic E-state index is -4.40. The second-order valence-electron chi connectivity index (χ2n) is 7.92. The summed E-state index contributed by atoms with van der Waals surface area (Å²) in [4.78, 5) is 14.7. The van der Waals surface area contributed by atoms with Gasteiger partial charge in [0.15, 0.2) is 0 Å². The van der Waals surface area contributed by atoms with E-state index in [1.165, 1.54) is 24.3 Å². The lowest BCUT2D eigenvalue weighted by Crippen LogP contribution is -2.47. The molecule has 2 aromatic rings. The van der Waals surface area contributed by atoms with E-state index < -0.39 is 17.2 Å². The highest BCUT2D eigenvalue weighted by Crippen LogP contribution is 2.42. The van der Waals surface area contributed by atoms with Gasteiger partial charge >= 0.3 is 6.18 Å². The molecule has 0 saturated carbocycles. The van der Waals surface area contributed by atoms with Gasteiger partial charge in [0.2, 0.25) is 5.91 Å². The van der Waals surface area contributed by atoms with E-state index in [-0.39, 0.29) is 30.8 Å². The molecule has 0 unspecified atom stereocenters. The van der Waals surface area contributed by atoms with Crippen LogP contribution in [0.15, 0.2) is 48.5 Å². The first-order valence-electron chi connectivity index (χ1n) is 10.00. The van der Waals surface area contributed by atoms with Crippen LogP contribution in [-0.4, -0.2) is 29.1 Å². The molecule has 30 heavy (non-hydrogen) atoms. The average molecular weight is 423 g/mol. The molecule has 0 radical (unpaired) electrons. The Morgan fingerprint density at radius 3 is 2.27 bits per heavy atom. The number of aliphatic hydroxyl groups excluding tert-OH is 1. The van der Waals surface area contributed by atoms with Crippen LogP contribution in [0.25, 0.3) is 0 Å².